The Hall–Kier alpha value is -1.03. The molecule has 0 fully saturated rings. The van der Waals surface area contributed by atoms with Crippen molar-refractivity contribution in [1.82, 2.24) is 0 Å². The summed E-state index contributed by atoms with van der Waals surface area (Å²) in [5.41, 5.74) is 5.36. The van der Waals surface area contributed by atoms with E-state index in [9.17, 15) is 13.2 Å². The molecule has 0 spiro atoms. The first-order chi connectivity index (χ1) is 7.32. The van der Waals surface area contributed by atoms with Gasteiger partial charge in [0.15, 0.2) is 0 Å². The third-order valence-corrected chi connectivity index (χ3v) is 2.39. The molecule has 1 aromatic carbocycles. The SMILES string of the molecule is CC(C)CC(N)c1ccccc1C(F)(F)F. The van der Waals surface area contributed by atoms with E-state index in [1.807, 2.05) is 13.8 Å². The van der Waals surface area contributed by atoms with Crippen LogP contribution >= 0.6 is 0 Å². The van der Waals surface area contributed by atoms with Gasteiger partial charge >= 0.3 is 6.18 Å². The Bertz CT molecular complexity index is 344. The van der Waals surface area contributed by atoms with Gasteiger partial charge in [0.1, 0.15) is 0 Å². The van der Waals surface area contributed by atoms with Gasteiger partial charge in [-0.1, -0.05) is 32.0 Å². The van der Waals surface area contributed by atoms with Crippen LogP contribution in [0.1, 0.15) is 37.4 Å². The maximum atomic E-state index is 12.7. The molecule has 0 aliphatic carbocycles. The number of nitrogens with two attached hydrogens (primary N) is 1. The van der Waals surface area contributed by atoms with E-state index in [1.165, 1.54) is 12.1 Å². The van der Waals surface area contributed by atoms with Gasteiger partial charge < -0.3 is 5.73 Å². The van der Waals surface area contributed by atoms with Crippen LogP contribution in [0.25, 0.3) is 0 Å². The van der Waals surface area contributed by atoms with E-state index in [2.05, 4.69) is 0 Å². The van der Waals surface area contributed by atoms with Crippen LogP contribution in [-0.2, 0) is 6.18 Å². The summed E-state index contributed by atoms with van der Waals surface area (Å²) in [6.07, 6.45) is -3.78. The predicted molar refractivity (Wildman–Crippen MR) is 57.8 cm³/mol. The molecule has 2 N–H and O–H groups in total. The molecule has 0 saturated carbocycles. The second kappa shape index (κ2) is 4.87. The first-order valence-electron chi connectivity index (χ1n) is 5.24. The molecule has 1 nitrogen and oxygen atoms in total. The van der Waals surface area contributed by atoms with Crippen LogP contribution in [-0.4, -0.2) is 0 Å². The van der Waals surface area contributed by atoms with E-state index in [4.69, 9.17) is 5.73 Å². The van der Waals surface area contributed by atoms with Crippen LogP contribution in [0.15, 0.2) is 24.3 Å². The van der Waals surface area contributed by atoms with Gasteiger partial charge in [0.05, 0.1) is 5.56 Å². The lowest BCUT2D eigenvalue weighted by Crippen LogP contribution is -2.18. The fourth-order valence-electron chi connectivity index (χ4n) is 1.71. The molecule has 0 amide bonds. The van der Waals surface area contributed by atoms with Gasteiger partial charge in [-0.05, 0) is 24.0 Å². The second-order valence-corrected chi connectivity index (χ2v) is 4.32. The minimum atomic E-state index is -4.33. The predicted octanol–water partition coefficient (Wildman–Crippen LogP) is 3.75. The van der Waals surface area contributed by atoms with Gasteiger partial charge in [0.2, 0.25) is 0 Å². The van der Waals surface area contributed by atoms with E-state index in [0.717, 1.165) is 6.07 Å². The normalized spacial score (nSPS) is 14.2. The maximum Gasteiger partial charge on any atom is 0.416 e. The van der Waals surface area contributed by atoms with E-state index < -0.39 is 17.8 Å². The summed E-state index contributed by atoms with van der Waals surface area (Å²) in [6, 6.07) is 4.95. The first kappa shape index (κ1) is 13.0. The molecule has 0 aliphatic rings. The van der Waals surface area contributed by atoms with Crippen molar-refractivity contribution in [2.45, 2.75) is 32.5 Å². The fraction of sp³-hybridized carbons (Fsp3) is 0.500. The molecule has 0 radical (unpaired) electrons. The van der Waals surface area contributed by atoms with E-state index in [-0.39, 0.29) is 11.5 Å². The van der Waals surface area contributed by atoms with E-state index in [0.29, 0.717) is 6.42 Å². The summed E-state index contributed by atoms with van der Waals surface area (Å²) in [5, 5.41) is 0. The summed E-state index contributed by atoms with van der Waals surface area (Å²) in [7, 11) is 0. The molecule has 1 rings (SSSR count). The Kier molecular flexibility index (Phi) is 3.97. The molecular weight excluding hydrogens is 215 g/mol. The zero-order valence-electron chi connectivity index (χ0n) is 9.38. The van der Waals surface area contributed by atoms with Gasteiger partial charge in [-0.3, -0.25) is 0 Å². The Morgan fingerprint density at radius 1 is 1.19 bits per heavy atom. The van der Waals surface area contributed by atoms with Crippen molar-refractivity contribution in [1.29, 1.82) is 0 Å². The van der Waals surface area contributed by atoms with E-state index in [1.54, 1.807) is 6.07 Å². The average molecular weight is 231 g/mol. The topological polar surface area (TPSA) is 26.0 Å². The molecular formula is C12H16F3N. The average Bonchev–Trinajstić information content (AvgIpc) is 2.15. The van der Waals surface area contributed by atoms with E-state index >= 15 is 0 Å². The minimum absolute atomic E-state index is 0.184. The molecule has 90 valence electrons. The van der Waals surface area contributed by atoms with Crippen molar-refractivity contribution in [3.8, 4) is 0 Å². The third-order valence-electron chi connectivity index (χ3n) is 2.39. The van der Waals surface area contributed by atoms with Crippen molar-refractivity contribution in [2.75, 3.05) is 0 Å². The minimum Gasteiger partial charge on any atom is -0.324 e. The lowest BCUT2D eigenvalue weighted by molar-refractivity contribution is -0.138. The van der Waals surface area contributed by atoms with Gasteiger partial charge in [-0.15, -0.1) is 0 Å². The van der Waals surface area contributed by atoms with Crippen molar-refractivity contribution in [2.24, 2.45) is 11.7 Å². The molecule has 0 saturated heterocycles. The molecule has 0 aromatic heterocycles. The Labute approximate surface area is 93.5 Å². The van der Waals surface area contributed by atoms with Gasteiger partial charge in [0, 0.05) is 6.04 Å². The summed E-state index contributed by atoms with van der Waals surface area (Å²) in [4.78, 5) is 0. The Morgan fingerprint density at radius 3 is 2.25 bits per heavy atom. The number of hydrogen-bond donors (Lipinski definition) is 1. The molecule has 4 heteroatoms. The first-order valence-corrected chi connectivity index (χ1v) is 5.24. The Morgan fingerprint density at radius 2 is 1.75 bits per heavy atom. The Balaban J connectivity index is 3.04. The zero-order chi connectivity index (χ0) is 12.3. The van der Waals surface area contributed by atoms with Crippen LogP contribution in [0.3, 0.4) is 0 Å². The van der Waals surface area contributed by atoms with Crippen molar-refractivity contribution in [3.05, 3.63) is 35.4 Å². The number of halogens is 3. The smallest absolute Gasteiger partial charge is 0.324 e. The summed E-state index contributed by atoms with van der Waals surface area (Å²) >= 11 is 0. The lowest BCUT2D eigenvalue weighted by atomic mass is 9.94. The largest absolute Gasteiger partial charge is 0.416 e. The molecule has 1 unspecified atom stereocenters. The third kappa shape index (κ3) is 3.23. The van der Waals surface area contributed by atoms with Gasteiger partial charge in [-0.2, -0.15) is 13.2 Å². The molecule has 0 bridgehead atoms. The highest BCUT2D eigenvalue weighted by molar-refractivity contribution is 5.32. The van der Waals surface area contributed by atoms with Crippen molar-refractivity contribution >= 4 is 0 Å². The highest BCUT2D eigenvalue weighted by Crippen LogP contribution is 2.35. The number of alkyl halides is 3. The van der Waals surface area contributed by atoms with Crippen molar-refractivity contribution < 1.29 is 13.2 Å². The van der Waals surface area contributed by atoms with Crippen molar-refractivity contribution in [3.63, 3.8) is 0 Å². The fourth-order valence-corrected chi connectivity index (χ4v) is 1.71. The zero-order valence-corrected chi connectivity index (χ0v) is 9.38. The highest BCUT2D eigenvalue weighted by Gasteiger charge is 2.34. The van der Waals surface area contributed by atoms with Crippen LogP contribution in [0.5, 0.6) is 0 Å². The molecule has 0 heterocycles. The number of rotatable bonds is 3. The van der Waals surface area contributed by atoms with Gasteiger partial charge in [-0.25, -0.2) is 0 Å². The highest BCUT2D eigenvalue weighted by atomic mass is 19.4. The number of hydrogen-bond acceptors (Lipinski definition) is 1. The summed E-state index contributed by atoms with van der Waals surface area (Å²) < 4.78 is 38.1. The monoisotopic (exact) mass is 231 g/mol. The van der Waals surface area contributed by atoms with Crippen LogP contribution in [0.4, 0.5) is 13.2 Å². The standard InChI is InChI=1S/C12H16F3N/c1-8(2)7-11(16)9-5-3-4-6-10(9)12(13,14)15/h3-6,8,11H,7,16H2,1-2H3. The molecule has 0 aliphatic heterocycles. The second-order valence-electron chi connectivity index (χ2n) is 4.32. The van der Waals surface area contributed by atoms with Crippen LogP contribution in [0, 0.1) is 5.92 Å². The molecule has 1 atom stereocenters. The molecule has 16 heavy (non-hydrogen) atoms. The quantitative estimate of drug-likeness (QED) is 0.842. The van der Waals surface area contributed by atoms with Crippen LogP contribution < -0.4 is 5.73 Å². The summed E-state index contributed by atoms with van der Waals surface area (Å²) in [5.74, 6) is 0.274. The summed E-state index contributed by atoms with van der Waals surface area (Å²) in [6.45, 7) is 3.88. The lowest BCUT2D eigenvalue weighted by Gasteiger charge is -2.19. The van der Waals surface area contributed by atoms with Crippen LogP contribution in [0.2, 0.25) is 0 Å². The van der Waals surface area contributed by atoms with Gasteiger partial charge in [0.25, 0.3) is 0 Å². The maximum absolute atomic E-state index is 12.7. The molecule has 1 aromatic rings. The number of benzene rings is 1.